The summed E-state index contributed by atoms with van der Waals surface area (Å²) in [4.78, 5) is 8.78. The van der Waals surface area contributed by atoms with Gasteiger partial charge in [0.15, 0.2) is 0 Å². The molecule has 0 fully saturated rings. The summed E-state index contributed by atoms with van der Waals surface area (Å²) in [7, 11) is 0. The van der Waals surface area contributed by atoms with Crippen LogP contribution in [0.4, 0.5) is 0 Å². The van der Waals surface area contributed by atoms with E-state index in [2.05, 4.69) is 16.0 Å². The highest BCUT2D eigenvalue weighted by atomic mass is 14.8. The molecule has 1 aromatic carbocycles. The third-order valence-corrected chi connectivity index (χ3v) is 2.75. The highest BCUT2D eigenvalue weighted by Crippen LogP contribution is 2.23. The molecule has 2 heterocycles. The third kappa shape index (κ3) is 1.70. The van der Waals surface area contributed by atoms with Crippen molar-refractivity contribution < 1.29 is 0 Å². The summed E-state index contributed by atoms with van der Waals surface area (Å²) in [5.74, 6) is 0. The van der Waals surface area contributed by atoms with Crippen molar-refractivity contribution in [2.24, 2.45) is 0 Å². The van der Waals surface area contributed by atoms with Crippen molar-refractivity contribution in [2.75, 3.05) is 0 Å². The number of rotatable bonds is 1. The summed E-state index contributed by atoms with van der Waals surface area (Å²) in [6.07, 6.45) is 1.70. The van der Waals surface area contributed by atoms with Crippen molar-refractivity contribution >= 4 is 10.9 Å². The van der Waals surface area contributed by atoms with Crippen LogP contribution in [0.25, 0.3) is 22.3 Å². The van der Waals surface area contributed by atoms with Crippen molar-refractivity contribution in [1.82, 2.24) is 9.97 Å². The van der Waals surface area contributed by atoms with E-state index in [1.165, 1.54) is 0 Å². The van der Waals surface area contributed by atoms with Crippen molar-refractivity contribution in [3.8, 4) is 17.5 Å². The van der Waals surface area contributed by atoms with Gasteiger partial charge in [-0.15, -0.1) is 0 Å². The van der Waals surface area contributed by atoms with E-state index < -0.39 is 0 Å². The lowest BCUT2D eigenvalue weighted by Gasteiger charge is -2.04. The molecule has 0 saturated heterocycles. The molecule has 18 heavy (non-hydrogen) atoms. The van der Waals surface area contributed by atoms with Gasteiger partial charge in [0.25, 0.3) is 0 Å². The Kier molecular flexibility index (Phi) is 2.47. The Bertz CT molecular complexity index is 743. The van der Waals surface area contributed by atoms with Gasteiger partial charge in [0, 0.05) is 11.6 Å². The van der Waals surface area contributed by atoms with E-state index in [4.69, 9.17) is 0 Å². The zero-order valence-corrected chi connectivity index (χ0v) is 9.54. The maximum atomic E-state index is 9.22. The molecule has 3 nitrogen and oxygen atoms in total. The molecule has 3 heteroatoms. The standard InChI is InChI=1S/C15H9N3/c16-10-12-9-11-5-1-2-6-13(11)18-15(12)14-7-3-4-8-17-14/h1-9H. The summed E-state index contributed by atoms with van der Waals surface area (Å²) < 4.78 is 0. The van der Waals surface area contributed by atoms with Gasteiger partial charge in [-0.25, -0.2) is 4.98 Å². The minimum atomic E-state index is 0.549. The fourth-order valence-electron chi connectivity index (χ4n) is 1.90. The first-order valence-corrected chi connectivity index (χ1v) is 5.60. The third-order valence-electron chi connectivity index (χ3n) is 2.75. The zero-order valence-electron chi connectivity index (χ0n) is 9.54. The number of fused-ring (bicyclic) bond motifs is 1. The monoisotopic (exact) mass is 231 g/mol. The molecule has 0 aliphatic rings. The number of benzene rings is 1. The van der Waals surface area contributed by atoms with Crippen molar-refractivity contribution in [3.05, 3.63) is 60.3 Å². The molecule has 0 unspecified atom stereocenters. The molecule has 0 aliphatic carbocycles. The Morgan fingerprint density at radius 1 is 1.00 bits per heavy atom. The van der Waals surface area contributed by atoms with Crippen LogP contribution in [0.3, 0.4) is 0 Å². The fraction of sp³-hybridized carbons (Fsp3) is 0. The highest BCUT2D eigenvalue weighted by molar-refractivity contribution is 5.84. The number of aromatic nitrogens is 2. The topological polar surface area (TPSA) is 49.6 Å². The van der Waals surface area contributed by atoms with E-state index in [-0.39, 0.29) is 0 Å². The minimum absolute atomic E-state index is 0.549. The van der Waals surface area contributed by atoms with Crippen LogP contribution >= 0.6 is 0 Å². The van der Waals surface area contributed by atoms with Gasteiger partial charge in [0.2, 0.25) is 0 Å². The molecular formula is C15H9N3. The molecule has 0 N–H and O–H groups in total. The number of hydrogen-bond donors (Lipinski definition) is 0. The van der Waals surface area contributed by atoms with Gasteiger partial charge < -0.3 is 0 Å². The van der Waals surface area contributed by atoms with Crippen molar-refractivity contribution in [3.63, 3.8) is 0 Å². The van der Waals surface area contributed by atoms with E-state index in [0.29, 0.717) is 11.3 Å². The molecule has 3 aromatic rings. The van der Waals surface area contributed by atoms with Crippen LogP contribution in [0.2, 0.25) is 0 Å². The lowest BCUT2D eigenvalue weighted by Crippen LogP contribution is -1.92. The first-order chi connectivity index (χ1) is 8.88. The van der Waals surface area contributed by atoms with Crippen LogP contribution in [0.1, 0.15) is 5.56 Å². The quantitative estimate of drug-likeness (QED) is 0.646. The minimum Gasteiger partial charge on any atom is -0.255 e. The van der Waals surface area contributed by atoms with Crippen LogP contribution in [-0.2, 0) is 0 Å². The molecule has 0 radical (unpaired) electrons. The Hall–Kier alpha value is -2.73. The number of nitrogens with zero attached hydrogens (tertiary/aromatic N) is 3. The Balaban J connectivity index is 2.32. The predicted molar refractivity (Wildman–Crippen MR) is 69.7 cm³/mol. The van der Waals surface area contributed by atoms with E-state index in [9.17, 15) is 5.26 Å². The second-order valence-corrected chi connectivity index (χ2v) is 3.90. The molecule has 0 bridgehead atoms. The molecule has 0 spiro atoms. The summed E-state index contributed by atoms with van der Waals surface area (Å²) in [5.41, 5.74) is 2.78. The van der Waals surface area contributed by atoms with Gasteiger partial charge in [0.1, 0.15) is 11.8 Å². The summed E-state index contributed by atoms with van der Waals surface area (Å²) in [6, 6.07) is 17.4. The van der Waals surface area contributed by atoms with Gasteiger partial charge in [-0.2, -0.15) is 5.26 Å². The second-order valence-electron chi connectivity index (χ2n) is 3.90. The average molecular weight is 231 g/mol. The van der Waals surface area contributed by atoms with Crippen molar-refractivity contribution in [2.45, 2.75) is 0 Å². The van der Waals surface area contributed by atoms with Crippen molar-refractivity contribution in [1.29, 1.82) is 5.26 Å². The number of para-hydroxylation sites is 1. The van der Waals surface area contributed by atoms with Gasteiger partial charge in [-0.3, -0.25) is 4.98 Å². The fourth-order valence-corrected chi connectivity index (χ4v) is 1.90. The summed E-state index contributed by atoms with van der Waals surface area (Å²) in [5, 5.41) is 10.2. The first kappa shape index (κ1) is 10.4. The molecule has 0 aliphatic heterocycles. The smallest absolute Gasteiger partial charge is 0.107 e. The van der Waals surface area contributed by atoms with Crippen LogP contribution in [0.5, 0.6) is 0 Å². The second kappa shape index (κ2) is 4.27. The number of nitriles is 1. The molecule has 0 saturated carbocycles. The van der Waals surface area contributed by atoms with E-state index in [1.54, 1.807) is 6.20 Å². The molecule has 0 atom stereocenters. The maximum absolute atomic E-state index is 9.22. The molecule has 84 valence electrons. The molecule has 2 aromatic heterocycles. The first-order valence-electron chi connectivity index (χ1n) is 5.60. The SMILES string of the molecule is N#Cc1cc2ccccc2nc1-c1ccccn1. The summed E-state index contributed by atoms with van der Waals surface area (Å²) >= 11 is 0. The van der Waals surface area contributed by atoms with Crippen LogP contribution in [0.15, 0.2) is 54.7 Å². The van der Waals surface area contributed by atoms with E-state index in [0.717, 1.165) is 16.6 Å². The van der Waals surface area contributed by atoms with Gasteiger partial charge in [-0.1, -0.05) is 24.3 Å². The Morgan fingerprint density at radius 3 is 2.61 bits per heavy atom. The highest BCUT2D eigenvalue weighted by Gasteiger charge is 2.09. The lowest BCUT2D eigenvalue weighted by molar-refractivity contribution is 1.26. The Morgan fingerprint density at radius 2 is 1.83 bits per heavy atom. The van der Waals surface area contributed by atoms with Crippen LogP contribution in [-0.4, -0.2) is 9.97 Å². The lowest BCUT2D eigenvalue weighted by atomic mass is 10.1. The molecular weight excluding hydrogens is 222 g/mol. The van der Waals surface area contributed by atoms with Crippen LogP contribution in [0, 0.1) is 11.3 Å². The zero-order chi connectivity index (χ0) is 12.4. The van der Waals surface area contributed by atoms with Gasteiger partial charge in [-0.05, 0) is 24.3 Å². The maximum Gasteiger partial charge on any atom is 0.107 e. The molecule has 3 rings (SSSR count). The van der Waals surface area contributed by atoms with Gasteiger partial charge in [0.05, 0.1) is 16.8 Å². The predicted octanol–water partition coefficient (Wildman–Crippen LogP) is 3.17. The van der Waals surface area contributed by atoms with Crippen LogP contribution < -0.4 is 0 Å². The normalized spacial score (nSPS) is 10.2. The number of pyridine rings is 2. The molecule has 0 amide bonds. The Labute approximate surface area is 104 Å². The average Bonchev–Trinajstić information content (AvgIpc) is 2.46. The van der Waals surface area contributed by atoms with E-state index >= 15 is 0 Å². The number of hydrogen-bond acceptors (Lipinski definition) is 3. The largest absolute Gasteiger partial charge is 0.255 e. The summed E-state index contributed by atoms with van der Waals surface area (Å²) in [6.45, 7) is 0. The van der Waals surface area contributed by atoms with E-state index in [1.807, 2.05) is 48.5 Å². The van der Waals surface area contributed by atoms with Gasteiger partial charge >= 0.3 is 0 Å².